The first-order valence-electron chi connectivity index (χ1n) is 10.7. The largest absolute Gasteiger partial charge is 0.340 e. The van der Waals surface area contributed by atoms with Gasteiger partial charge in [-0.15, -0.1) is 0 Å². The number of nitrogens with zero attached hydrogens (tertiary/aromatic N) is 3. The third-order valence-corrected chi connectivity index (χ3v) is 6.43. The number of halogens is 2. The summed E-state index contributed by atoms with van der Waals surface area (Å²) in [4.78, 5) is 19.5. The summed E-state index contributed by atoms with van der Waals surface area (Å²) >= 11 is 0. The van der Waals surface area contributed by atoms with Gasteiger partial charge in [-0.05, 0) is 68.4 Å². The van der Waals surface area contributed by atoms with Gasteiger partial charge in [-0.2, -0.15) is 0 Å². The average Bonchev–Trinajstić information content (AvgIpc) is 2.77. The normalized spacial score (nSPS) is 19.4. The lowest BCUT2D eigenvalue weighted by molar-refractivity contribution is -0.139. The molecule has 2 saturated heterocycles. The molecule has 2 aliphatic heterocycles. The van der Waals surface area contributed by atoms with Gasteiger partial charge < -0.3 is 9.80 Å². The Balaban J connectivity index is 1.47. The van der Waals surface area contributed by atoms with Crippen LogP contribution in [0.5, 0.6) is 0 Å². The first-order chi connectivity index (χ1) is 14.5. The van der Waals surface area contributed by atoms with Gasteiger partial charge in [0, 0.05) is 32.1 Å². The van der Waals surface area contributed by atoms with Gasteiger partial charge in [-0.3, -0.25) is 9.69 Å². The highest BCUT2D eigenvalue weighted by atomic mass is 19.1. The Morgan fingerprint density at radius 1 is 0.800 bits per heavy atom. The summed E-state index contributed by atoms with van der Waals surface area (Å²) in [7, 11) is 2.10. The van der Waals surface area contributed by atoms with Crippen LogP contribution in [0.3, 0.4) is 0 Å². The Bertz CT molecular complexity index is 794. The molecule has 30 heavy (non-hydrogen) atoms. The van der Waals surface area contributed by atoms with E-state index < -0.39 is 0 Å². The Morgan fingerprint density at radius 3 is 1.73 bits per heavy atom. The molecular weight excluding hydrogens is 384 g/mol. The van der Waals surface area contributed by atoms with Crippen molar-refractivity contribution >= 4 is 5.91 Å². The second-order valence-corrected chi connectivity index (χ2v) is 8.44. The van der Waals surface area contributed by atoms with Crippen LogP contribution in [0.25, 0.3) is 0 Å². The van der Waals surface area contributed by atoms with Gasteiger partial charge in [0.25, 0.3) is 0 Å². The van der Waals surface area contributed by atoms with Crippen LogP contribution >= 0.6 is 0 Å². The van der Waals surface area contributed by atoms with E-state index in [1.54, 1.807) is 24.3 Å². The minimum Gasteiger partial charge on any atom is -0.340 e. The van der Waals surface area contributed by atoms with Gasteiger partial charge in [0.15, 0.2) is 0 Å². The molecule has 0 aromatic heterocycles. The van der Waals surface area contributed by atoms with Crippen LogP contribution in [0, 0.1) is 17.6 Å². The van der Waals surface area contributed by atoms with E-state index in [9.17, 15) is 13.6 Å². The molecule has 1 amide bonds. The number of carbonyl (C=O) groups is 1. The van der Waals surface area contributed by atoms with Crippen molar-refractivity contribution < 1.29 is 13.6 Å². The second-order valence-electron chi connectivity index (χ2n) is 8.44. The van der Waals surface area contributed by atoms with Crippen LogP contribution in [-0.4, -0.2) is 66.9 Å². The molecule has 2 aliphatic rings. The van der Waals surface area contributed by atoms with Gasteiger partial charge >= 0.3 is 0 Å². The quantitative estimate of drug-likeness (QED) is 0.767. The molecule has 160 valence electrons. The maximum absolute atomic E-state index is 13.5. The van der Waals surface area contributed by atoms with Crippen molar-refractivity contribution in [3.8, 4) is 0 Å². The monoisotopic (exact) mass is 413 g/mol. The molecule has 4 nitrogen and oxygen atoms in total. The van der Waals surface area contributed by atoms with E-state index in [0.717, 1.165) is 50.1 Å². The van der Waals surface area contributed by atoms with E-state index in [1.165, 1.54) is 24.3 Å². The average molecular weight is 414 g/mol. The molecule has 6 heteroatoms. The van der Waals surface area contributed by atoms with Crippen molar-refractivity contribution in [2.75, 3.05) is 46.3 Å². The number of carbonyl (C=O) groups excluding carboxylic acids is 1. The summed E-state index contributed by atoms with van der Waals surface area (Å²) in [6.07, 6.45) is 1.87. The second kappa shape index (κ2) is 9.23. The van der Waals surface area contributed by atoms with Gasteiger partial charge in [0.1, 0.15) is 11.6 Å². The summed E-state index contributed by atoms with van der Waals surface area (Å²) in [5.41, 5.74) is 1.94. The molecule has 0 radical (unpaired) electrons. The standard InChI is InChI=1S/C24H29F2N3O/c1-27-12-10-20(11-13-27)24(30)29-16-14-28(15-17-29)23(18-2-6-21(25)7-3-18)19-4-8-22(26)9-5-19/h2-9,20,23H,10-17H2,1H3. The number of likely N-dealkylation sites (tertiary alicyclic amines) is 1. The minimum atomic E-state index is -0.273. The number of benzene rings is 2. The molecule has 2 aromatic rings. The highest BCUT2D eigenvalue weighted by Crippen LogP contribution is 2.30. The lowest BCUT2D eigenvalue weighted by atomic mass is 9.94. The summed E-state index contributed by atoms with van der Waals surface area (Å²) < 4.78 is 27.0. The van der Waals surface area contributed by atoms with Crippen LogP contribution in [0.15, 0.2) is 48.5 Å². The third kappa shape index (κ3) is 4.71. The molecule has 2 heterocycles. The van der Waals surface area contributed by atoms with E-state index in [0.29, 0.717) is 13.1 Å². The highest BCUT2D eigenvalue weighted by Gasteiger charge is 2.32. The molecule has 0 saturated carbocycles. The van der Waals surface area contributed by atoms with E-state index in [4.69, 9.17) is 0 Å². The molecular formula is C24H29F2N3O. The molecule has 0 N–H and O–H groups in total. The molecule has 2 aromatic carbocycles. The Kier molecular flexibility index (Phi) is 6.44. The summed E-state index contributed by atoms with van der Waals surface area (Å²) in [5, 5.41) is 0. The fourth-order valence-electron chi connectivity index (χ4n) is 4.62. The zero-order valence-corrected chi connectivity index (χ0v) is 17.4. The van der Waals surface area contributed by atoms with Gasteiger partial charge in [0.2, 0.25) is 5.91 Å². The predicted octanol–water partition coefficient (Wildman–Crippen LogP) is 3.54. The van der Waals surface area contributed by atoms with Crippen molar-refractivity contribution in [2.45, 2.75) is 18.9 Å². The number of piperazine rings is 1. The minimum absolute atomic E-state index is 0.0909. The maximum Gasteiger partial charge on any atom is 0.225 e. The summed E-state index contributed by atoms with van der Waals surface area (Å²) in [5.74, 6) is -0.129. The van der Waals surface area contributed by atoms with Gasteiger partial charge in [0.05, 0.1) is 6.04 Å². The number of hydrogen-bond acceptors (Lipinski definition) is 3. The molecule has 0 aliphatic carbocycles. The fraction of sp³-hybridized carbons (Fsp3) is 0.458. The van der Waals surface area contributed by atoms with Gasteiger partial charge in [-0.25, -0.2) is 8.78 Å². The van der Waals surface area contributed by atoms with Crippen LogP contribution in [-0.2, 0) is 4.79 Å². The first-order valence-corrected chi connectivity index (χ1v) is 10.7. The smallest absolute Gasteiger partial charge is 0.225 e. The van der Waals surface area contributed by atoms with E-state index in [1.807, 2.05) is 4.90 Å². The zero-order chi connectivity index (χ0) is 21.1. The summed E-state index contributed by atoms with van der Waals surface area (Å²) in [6.45, 7) is 4.80. The molecule has 0 unspecified atom stereocenters. The van der Waals surface area contributed by atoms with E-state index >= 15 is 0 Å². The van der Waals surface area contributed by atoms with Crippen LogP contribution in [0.4, 0.5) is 8.78 Å². The number of amides is 1. The van der Waals surface area contributed by atoms with Crippen molar-refractivity contribution in [3.63, 3.8) is 0 Å². The highest BCUT2D eigenvalue weighted by molar-refractivity contribution is 5.79. The first kappa shape index (κ1) is 20.9. The van der Waals surface area contributed by atoms with E-state index in [-0.39, 0.29) is 29.5 Å². The van der Waals surface area contributed by atoms with Crippen LogP contribution in [0.1, 0.15) is 30.0 Å². The molecule has 0 atom stereocenters. The third-order valence-electron chi connectivity index (χ3n) is 6.43. The molecule has 4 rings (SSSR count). The van der Waals surface area contributed by atoms with Crippen LogP contribution in [0.2, 0.25) is 0 Å². The predicted molar refractivity (Wildman–Crippen MR) is 113 cm³/mol. The molecule has 2 fully saturated rings. The number of piperidine rings is 1. The maximum atomic E-state index is 13.5. The Hall–Kier alpha value is -2.31. The number of hydrogen-bond donors (Lipinski definition) is 0. The Labute approximate surface area is 177 Å². The van der Waals surface area contributed by atoms with Crippen LogP contribution < -0.4 is 0 Å². The van der Waals surface area contributed by atoms with Crippen molar-refractivity contribution in [1.82, 2.24) is 14.7 Å². The Morgan fingerprint density at radius 2 is 1.27 bits per heavy atom. The fourth-order valence-corrected chi connectivity index (χ4v) is 4.62. The topological polar surface area (TPSA) is 26.8 Å². The summed E-state index contributed by atoms with van der Waals surface area (Å²) in [6, 6.07) is 12.9. The van der Waals surface area contributed by atoms with Crippen molar-refractivity contribution in [3.05, 3.63) is 71.3 Å². The lowest BCUT2D eigenvalue weighted by Crippen LogP contribution is -2.52. The SMILES string of the molecule is CN1CCC(C(=O)N2CCN(C(c3ccc(F)cc3)c3ccc(F)cc3)CC2)CC1. The van der Waals surface area contributed by atoms with Crippen molar-refractivity contribution in [1.29, 1.82) is 0 Å². The van der Waals surface area contributed by atoms with Gasteiger partial charge in [-0.1, -0.05) is 24.3 Å². The zero-order valence-electron chi connectivity index (χ0n) is 17.4. The molecule has 0 spiro atoms. The lowest BCUT2D eigenvalue weighted by Gasteiger charge is -2.41. The number of rotatable bonds is 4. The van der Waals surface area contributed by atoms with E-state index in [2.05, 4.69) is 16.8 Å². The van der Waals surface area contributed by atoms with Crippen molar-refractivity contribution in [2.24, 2.45) is 5.92 Å². The molecule has 0 bridgehead atoms.